The smallest absolute Gasteiger partial charge is 0.422 e. The van der Waals surface area contributed by atoms with E-state index in [1.807, 2.05) is 12.1 Å². The molecule has 1 amide bonds. The lowest BCUT2D eigenvalue weighted by molar-refractivity contribution is -0.153. The third-order valence-electron chi connectivity index (χ3n) is 3.45. The van der Waals surface area contributed by atoms with Crippen molar-refractivity contribution in [3.63, 3.8) is 0 Å². The van der Waals surface area contributed by atoms with Crippen LogP contribution in [0.4, 0.5) is 13.2 Å². The van der Waals surface area contributed by atoms with Crippen LogP contribution in [0.1, 0.15) is 17.7 Å². The third-order valence-corrected chi connectivity index (χ3v) is 3.45. The Morgan fingerprint density at radius 2 is 2.00 bits per heavy atom. The lowest BCUT2D eigenvalue weighted by atomic mass is 10.1. The van der Waals surface area contributed by atoms with E-state index in [4.69, 9.17) is 9.47 Å². The van der Waals surface area contributed by atoms with E-state index >= 15 is 0 Å². The van der Waals surface area contributed by atoms with Crippen molar-refractivity contribution in [1.29, 1.82) is 0 Å². The highest BCUT2D eigenvalue weighted by Gasteiger charge is 2.29. The van der Waals surface area contributed by atoms with Crippen molar-refractivity contribution in [2.45, 2.75) is 25.6 Å². The molecule has 0 bridgehead atoms. The number of amides is 1. The minimum atomic E-state index is -4.42. The van der Waals surface area contributed by atoms with E-state index in [0.29, 0.717) is 13.0 Å². The summed E-state index contributed by atoms with van der Waals surface area (Å²) in [6.07, 6.45) is -2.12. The quantitative estimate of drug-likeness (QED) is 0.777. The molecule has 0 unspecified atom stereocenters. The van der Waals surface area contributed by atoms with Gasteiger partial charge in [-0.1, -0.05) is 12.1 Å². The van der Waals surface area contributed by atoms with Crippen molar-refractivity contribution in [1.82, 2.24) is 10.3 Å². The summed E-state index contributed by atoms with van der Waals surface area (Å²) in [6, 6.07) is 10.0. The molecule has 0 spiro atoms. The van der Waals surface area contributed by atoms with Crippen molar-refractivity contribution in [3.8, 4) is 11.5 Å². The van der Waals surface area contributed by atoms with Crippen LogP contribution < -0.4 is 14.8 Å². The molecule has 0 saturated heterocycles. The fraction of sp³-hybridized carbons (Fsp3) is 0.333. The fourth-order valence-electron chi connectivity index (χ4n) is 2.18. The van der Waals surface area contributed by atoms with Crippen molar-refractivity contribution < 1.29 is 27.4 Å². The maximum absolute atomic E-state index is 12.2. The number of aryl methyl sites for hydroxylation is 1. The number of hydrogen-bond donors (Lipinski definition) is 1. The molecule has 0 aliphatic heterocycles. The highest BCUT2D eigenvalue weighted by atomic mass is 19.4. The summed E-state index contributed by atoms with van der Waals surface area (Å²) in [5.41, 5.74) is 1.52. The van der Waals surface area contributed by atoms with Crippen LogP contribution in [-0.2, 0) is 17.8 Å². The van der Waals surface area contributed by atoms with Crippen LogP contribution in [0.15, 0.2) is 42.6 Å². The summed E-state index contributed by atoms with van der Waals surface area (Å²) in [6.45, 7) is -1.05. The number of nitrogens with one attached hydrogen (secondary N) is 1. The SMILES string of the molecule is COc1cc(CCC(=O)NCc2ccccn2)ccc1OCC(F)(F)F. The minimum Gasteiger partial charge on any atom is -0.493 e. The van der Waals surface area contributed by atoms with Crippen LogP contribution in [0.25, 0.3) is 0 Å². The second-order valence-electron chi connectivity index (χ2n) is 5.49. The topological polar surface area (TPSA) is 60.5 Å². The molecule has 0 aliphatic rings. The summed E-state index contributed by atoms with van der Waals surface area (Å²) in [4.78, 5) is 16.0. The maximum atomic E-state index is 12.2. The molecule has 8 heteroatoms. The van der Waals surface area contributed by atoms with Gasteiger partial charge in [0.2, 0.25) is 5.91 Å². The summed E-state index contributed by atoms with van der Waals surface area (Å²) in [7, 11) is 1.35. The summed E-state index contributed by atoms with van der Waals surface area (Å²) < 4.78 is 46.5. The number of aromatic nitrogens is 1. The van der Waals surface area contributed by atoms with Gasteiger partial charge in [-0.05, 0) is 36.2 Å². The Kier molecular flexibility index (Phi) is 6.82. The molecule has 0 atom stereocenters. The van der Waals surface area contributed by atoms with E-state index in [1.165, 1.54) is 13.2 Å². The third kappa shape index (κ3) is 6.62. The van der Waals surface area contributed by atoms with Gasteiger partial charge in [0, 0.05) is 12.6 Å². The monoisotopic (exact) mass is 368 g/mol. The van der Waals surface area contributed by atoms with Gasteiger partial charge in [-0.25, -0.2) is 0 Å². The van der Waals surface area contributed by atoms with Gasteiger partial charge in [0.15, 0.2) is 18.1 Å². The lowest BCUT2D eigenvalue weighted by Gasteiger charge is -2.13. The first-order chi connectivity index (χ1) is 12.4. The van der Waals surface area contributed by atoms with Gasteiger partial charge in [-0.15, -0.1) is 0 Å². The highest BCUT2D eigenvalue weighted by Crippen LogP contribution is 2.30. The van der Waals surface area contributed by atoms with Crippen molar-refractivity contribution in [3.05, 3.63) is 53.9 Å². The molecule has 0 radical (unpaired) electrons. The number of benzene rings is 1. The van der Waals surface area contributed by atoms with Crippen LogP contribution >= 0.6 is 0 Å². The van der Waals surface area contributed by atoms with Gasteiger partial charge in [0.1, 0.15) is 0 Å². The Labute approximate surface area is 149 Å². The first kappa shape index (κ1) is 19.6. The van der Waals surface area contributed by atoms with Gasteiger partial charge in [-0.2, -0.15) is 13.2 Å². The van der Waals surface area contributed by atoms with E-state index in [1.54, 1.807) is 24.4 Å². The Morgan fingerprint density at radius 3 is 2.65 bits per heavy atom. The number of carbonyl (C=O) groups excluding carboxylic acids is 1. The molecule has 1 aromatic heterocycles. The molecule has 0 aliphatic carbocycles. The number of nitrogens with zero attached hydrogens (tertiary/aromatic N) is 1. The largest absolute Gasteiger partial charge is 0.493 e. The Balaban J connectivity index is 1.86. The number of methoxy groups -OCH3 is 1. The van der Waals surface area contributed by atoms with Gasteiger partial charge in [-0.3, -0.25) is 9.78 Å². The second kappa shape index (κ2) is 9.07. The van der Waals surface area contributed by atoms with E-state index in [0.717, 1.165) is 11.3 Å². The zero-order chi connectivity index (χ0) is 19.0. The zero-order valence-electron chi connectivity index (χ0n) is 14.2. The van der Waals surface area contributed by atoms with Crippen LogP contribution in [0.2, 0.25) is 0 Å². The number of ether oxygens (including phenoxy) is 2. The van der Waals surface area contributed by atoms with Crippen LogP contribution in [-0.4, -0.2) is 30.8 Å². The molecular formula is C18H19F3N2O3. The number of carbonyl (C=O) groups is 1. The standard InChI is InChI=1S/C18H19F3N2O3/c1-25-16-10-13(5-7-15(16)26-12-18(19,20)21)6-8-17(24)23-11-14-4-2-3-9-22-14/h2-5,7,9-10H,6,8,11-12H2,1H3,(H,23,24). The number of alkyl halides is 3. The molecular weight excluding hydrogens is 349 g/mol. The first-order valence-electron chi connectivity index (χ1n) is 7.90. The van der Waals surface area contributed by atoms with Crippen LogP contribution in [0.3, 0.4) is 0 Å². The maximum Gasteiger partial charge on any atom is 0.422 e. The molecule has 0 saturated carbocycles. The van der Waals surface area contributed by atoms with E-state index in [9.17, 15) is 18.0 Å². The van der Waals surface area contributed by atoms with E-state index < -0.39 is 12.8 Å². The Bertz CT molecular complexity index is 721. The lowest BCUT2D eigenvalue weighted by Crippen LogP contribution is -2.23. The second-order valence-corrected chi connectivity index (χ2v) is 5.49. The van der Waals surface area contributed by atoms with E-state index in [2.05, 4.69) is 10.3 Å². The molecule has 1 heterocycles. The van der Waals surface area contributed by atoms with Gasteiger partial charge in [0.25, 0.3) is 0 Å². The summed E-state index contributed by atoms with van der Waals surface area (Å²) in [5.74, 6) is 0.0563. The van der Waals surface area contributed by atoms with Gasteiger partial charge >= 0.3 is 6.18 Å². The normalized spacial score (nSPS) is 11.1. The van der Waals surface area contributed by atoms with E-state index in [-0.39, 0.29) is 23.8 Å². The molecule has 2 aromatic rings. The highest BCUT2D eigenvalue weighted by molar-refractivity contribution is 5.76. The molecule has 140 valence electrons. The summed E-state index contributed by atoms with van der Waals surface area (Å²) in [5, 5.41) is 2.76. The number of pyridine rings is 1. The molecule has 1 aromatic carbocycles. The predicted molar refractivity (Wildman–Crippen MR) is 88.9 cm³/mol. The van der Waals surface area contributed by atoms with Gasteiger partial charge < -0.3 is 14.8 Å². The first-order valence-corrected chi connectivity index (χ1v) is 7.90. The molecule has 2 rings (SSSR count). The summed E-state index contributed by atoms with van der Waals surface area (Å²) >= 11 is 0. The number of hydrogen-bond acceptors (Lipinski definition) is 4. The average molecular weight is 368 g/mol. The molecule has 1 N–H and O–H groups in total. The molecule has 0 fully saturated rings. The Hall–Kier alpha value is -2.77. The predicted octanol–water partition coefficient (Wildman–Crippen LogP) is 3.28. The molecule has 26 heavy (non-hydrogen) atoms. The number of rotatable bonds is 8. The van der Waals surface area contributed by atoms with Crippen LogP contribution in [0.5, 0.6) is 11.5 Å². The number of halogens is 3. The van der Waals surface area contributed by atoms with Crippen molar-refractivity contribution >= 4 is 5.91 Å². The average Bonchev–Trinajstić information content (AvgIpc) is 2.63. The zero-order valence-corrected chi connectivity index (χ0v) is 14.2. The minimum absolute atomic E-state index is 0.00757. The molecule has 5 nitrogen and oxygen atoms in total. The van der Waals surface area contributed by atoms with Crippen molar-refractivity contribution in [2.75, 3.05) is 13.7 Å². The fourth-order valence-corrected chi connectivity index (χ4v) is 2.18. The Morgan fingerprint density at radius 1 is 1.19 bits per heavy atom. The van der Waals surface area contributed by atoms with Crippen LogP contribution in [0, 0.1) is 0 Å². The van der Waals surface area contributed by atoms with Crippen molar-refractivity contribution in [2.24, 2.45) is 0 Å². The van der Waals surface area contributed by atoms with Gasteiger partial charge in [0.05, 0.1) is 19.3 Å².